The fourth-order valence-electron chi connectivity index (χ4n) is 1.18. The Hall–Kier alpha value is -2.39. The lowest BCUT2D eigenvalue weighted by Crippen LogP contribution is -2.42. The zero-order valence-corrected chi connectivity index (χ0v) is 9.93. The molecule has 5 N–H and O–H groups in total. The number of aromatic nitrogens is 1. The molecule has 1 aromatic heterocycles. The lowest BCUT2D eigenvalue weighted by molar-refractivity contribution is -0.119. The van der Waals surface area contributed by atoms with Crippen molar-refractivity contribution < 1.29 is 9.59 Å². The summed E-state index contributed by atoms with van der Waals surface area (Å²) in [4.78, 5) is 26.7. The topological polar surface area (TPSA) is 111 Å². The minimum Gasteiger partial charge on any atom is -0.368 e. The Bertz CT molecular complexity index is 516. The van der Waals surface area contributed by atoms with Gasteiger partial charge in [0.25, 0.3) is 5.91 Å². The molecule has 2 amide bonds. The van der Waals surface area contributed by atoms with Crippen molar-refractivity contribution in [1.29, 1.82) is 0 Å². The molecule has 1 rings (SSSR count). The summed E-state index contributed by atoms with van der Waals surface area (Å²) < 4.78 is 0. The van der Waals surface area contributed by atoms with Crippen LogP contribution in [0.15, 0.2) is 18.5 Å². The molecular formula is C12H14N4O2. The van der Waals surface area contributed by atoms with Gasteiger partial charge in [-0.2, -0.15) is 0 Å². The van der Waals surface area contributed by atoms with E-state index >= 15 is 0 Å². The largest absolute Gasteiger partial charge is 0.368 e. The predicted octanol–water partition coefficient (Wildman–Crippen LogP) is -1.00. The highest BCUT2D eigenvalue weighted by molar-refractivity contribution is 5.99. The van der Waals surface area contributed by atoms with E-state index < -0.39 is 17.9 Å². The predicted molar refractivity (Wildman–Crippen MR) is 66.3 cm³/mol. The minimum atomic E-state index is -0.749. The molecule has 0 aliphatic heterocycles. The van der Waals surface area contributed by atoms with E-state index in [1.807, 2.05) is 0 Å². The number of amides is 2. The summed E-state index contributed by atoms with van der Waals surface area (Å²) >= 11 is 0. The summed E-state index contributed by atoms with van der Waals surface area (Å²) in [6.07, 6.45) is 2.93. The lowest BCUT2D eigenvalue weighted by atomic mass is 10.1. The second kappa shape index (κ2) is 6.37. The van der Waals surface area contributed by atoms with Crippen molar-refractivity contribution in [1.82, 2.24) is 10.3 Å². The molecule has 0 saturated carbocycles. The second-order valence-electron chi connectivity index (χ2n) is 3.52. The van der Waals surface area contributed by atoms with Crippen LogP contribution in [0.4, 0.5) is 0 Å². The Morgan fingerprint density at radius 1 is 1.56 bits per heavy atom. The van der Waals surface area contributed by atoms with E-state index in [9.17, 15) is 9.59 Å². The monoisotopic (exact) mass is 246 g/mol. The smallest absolute Gasteiger partial charge is 0.253 e. The number of nitrogens with one attached hydrogen (secondary N) is 1. The van der Waals surface area contributed by atoms with E-state index in [0.29, 0.717) is 11.1 Å². The maximum absolute atomic E-state index is 11.9. The van der Waals surface area contributed by atoms with E-state index in [1.54, 1.807) is 0 Å². The van der Waals surface area contributed by atoms with Gasteiger partial charge in [0.05, 0.1) is 17.7 Å². The molecule has 18 heavy (non-hydrogen) atoms. The zero-order chi connectivity index (χ0) is 13.5. The molecule has 0 bridgehead atoms. The number of hydrogen-bond donors (Lipinski definition) is 3. The number of nitrogens with two attached hydrogens (primary N) is 2. The van der Waals surface area contributed by atoms with Gasteiger partial charge in [-0.3, -0.25) is 14.6 Å². The van der Waals surface area contributed by atoms with Crippen molar-refractivity contribution in [3.63, 3.8) is 0 Å². The SMILES string of the molecule is CC(NC(=O)c1ccncc1C#CCN)C(N)=O. The van der Waals surface area contributed by atoms with Crippen LogP contribution in [0.3, 0.4) is 0 Å². The van der Waals surface area contributed by atoms with Crippen molar-refractivity contribution in [2.45, 2.75) is 13.0 Å². The third kappa shape index (κ3) is 3.57. The normalized spacial score (nSPS) is 11.0. The first-order valence-corrected chi connectivity index (χ1v) is 5.29. The number of rotatable bonds is 3. The summed E-state index contributed by atoms with van der Waals surface area (Å²) in [5.41, 5.74) is 11.1. The van der Waals surface area contributed by atoms with Crippen LogP contribution < -0.4 is 16.8 Å². The van der Waals surface area contributed by atoms with E-state index in [0.717, 1.165) is 0 Å². The van der Waals surface area contributed by atoms with Gasteiger partial charge in [-0.1, -0.05) is 11.8 Å². The lowest BCUT2D eigenvalue weighted by Gasteiger charge is -2.10. The average molecular weight is 246 g/mol. The number of primary amides is 1. The Morgan fingerprint density at radius 3 is 2.89 bits per heavy atom. The Labute approximate surface area is 105 Å². The highest BCUT2D eigenvalue weighted by Gasteiger charge is 2.15. The first-order valence-electron chi connectivity index (χ1n) is 5.29. The maximum atomic E-state index is 11.9. The summed E-state index contributed by atoms with van der Waals surface area (Å²) in [5, 5.41) is 2.47. The molecule has 0 radical (unpaired) electrons. The molecule has 0 aromatic carbocycles. The number of nitrogens with zero attached hydrogens (tertiary/aromatic N) is 1. The first-order chi connectivity index (χ1) is 8.56. The third-order valence-corrected chi connectivity index (χ3v) is 2.17. The highest BCUT2D eigenvalue weighted by Crippen LogP contribution is 2.05. The zero-order valence-electron chi connectivity index (χ0n) is 9.93. The molecule has 1 heterocycles. The third-order valence-electron chi connectivity index (χ3n) is 2.17. The first kappa shape index (κ1) is 13.7. The highest BCUT2D eigenvalue weighted by atomic mass is 16.2. The van der Waals surface area contributed by atoms with Crippen LogP contribution in [0.2, 0.25) is 0 Å². The molecule has 6 nitrogen and oxygen atoms in total. The fourth-order valence-corrected chi connectivity index (χ4v) is 1.18. The Balaban J connectivity index is 2.95. The van der Waals surface area contributed by atoms with Gasteiger partial charge < -0.3 is 16.8 Å². The van der Waals surface area contributed by atoms with Crippen molar-refractivity contribution in [3.8, 4) is 11.8 Å². The number of hydrogen-bond acceptors (Lipinski definition) is 4. The van der Waals surface area contributed by atoms with Crippen molar-refractivity contribution in [2.24, 2.45) is 11.5 Å². The van der Waals surface area contributed by atoms with Gasteiger partial charge in [0, 0.05) is 12.4 Å². The standard InChI is InChI=1S/C12H14N4O2/c1-8(11(14)17)16-12(18)10-4-6-15-7-9(10)3-2-5-13/h4,6-8H,5,13H2,1H3,(H2,14,17)(H,16,18). The molecule has 1 aromatic rings. The number of carbonyl (C=O) groups excluding carboxylic acids is 2. The van der Waals surface area contributed by atoms with Crippen LogP contribution >= 0.6 is 0 Å². The van der Waals surface area contributed by atoms with E-state index in [1.165, 1.54) is 25.4 Å². The average Bonchev–Trinajstić information content (AvgIpc) is 2.36. The molecule has 1 unspecified atom stereocenters. The summed E-state index contributed by atoms with van der Waals surface area (Å²) in [6, 6.07) is 0.768. The molecule has 0 spiro atoms. The van der Waals surface area contributed by atoms with E-state index in [4.69, 9.17) is 11.5 Å². The van der Waals surface area contributed by atoms with Crippen LogP contribution in [0, 0.1) is 11.8 Å². The minimum absolute atomic E-state index is 0.188. The quantitative estimate of drug-likeness (QED) is 0.594. The van der Waals surface area contributed by atoms with Gasteiger partial charge in [-0.25, -0.2) is 0 Å². The number of pyridine rings is 1. The maximum Gasteiger partial charge on any atom is 0.253 e. The van der Waals surface area contributed by atoms with Crippen molar-refractivity contribution in [2.75, 3.05) is 6.54 Å². The van der Waals surface area contributed by atoms with Gasteiger partial charge in [0.15, 0.2) is 0 Å². The molecule has 1 atom stereocenters. The van der Waals surface area contributed by atoms with Crippen LogP contribution in [-0.2, 0) is 4.79 Å². The Morgan fingerprint density at radius 2 is 2.28 bits per heavy atom. The van der Waals surface area contributed by atoms with Crippen molar-refractivity contribution in [3.05, 3.63) is 29.6 Å². The number of carbonyl (C=O) groups is 2. The van der Waals surface area contributed by atoms with Gasteiger partial charge >= 0.3 is 0 Å². The van der Waals surface area contributed by atoms with Gasteiger partial charge in [0.1, 0.15) is 6.04 Å². The molecule has 94 valence electrons. The summed E-state index contributed by atoms with van der Waals surface area (Å²) in [6.45, 7) is 1.69. The van der Waals surface area contributed by atoms with Gasteiger partial charge in [-0.15, -0.1) is 0 Å². The van der Waals surface area contributed by atoms with E-state index in [2.05, 4.69) is 22.1 Å². The van der Waals surface area contributed by atoms with E-state index in [-0.39, 0.29) is 6.54 Å². The van der Waals surface area contributed by atoms with Crippen LogP contribution in [0.1, 0.15) is 22.8 Å². The van der Waals surface area contributed by atoms with Crippen LogP contribution in [-0.4, -0.2) is 29.4 Å². The van der Waals surface area contributed by atoms with Gasteiger partial charge in [0.2, 0.25) is 5.91 Å². The molecule has 0 aliphatic carbocycles. The van der Waals surface area contributed by atoms with Crippen LogP contribution in [0.5, 0.6) is 0 Å². The fraction of sp³-hybridized carbons (Fsp3) is 0.250. The Kier molecular flexibility index (Phi) is 4.84. The van der Waals surface area contributed by atoms with Gasteiger partial charge in [-0.05, 0) is 13.0 Å². The second-order valence-corrected chi connectivity index (χ2v) is 3.52. The molecule has 6 heteroatoms. The summed E-state index contributed by atoms with van der Waals surface area (Å²) in [7, 11) is 0. The van der Waals surface area contributed by atoms with Crippen molar-refractivity contribution >= 4 is 11.8 Å². The molecule has 0 fully saturated rings. The molecular weight excluding hydrogens is 232 g/mol. The summed E-state index contributed by atoms with van der Waals surface area (Å²) in [5.74, 6) is 4.35. The van der Waals surface area contributed by atoms with Crippen LogP contribution in [0.25, 0.3) is 0 Å². The molecule has 0 saturated heterocycles. The molecule has 0 aliphatic rings.